The van der Waals surface area contributed by atoms with E-state index in [9.17, 15) is 13.2 Å². The first kappa shape index (κ1) is 13.6. The fourth-order valence-corrected chi connectivity index (χ4v) is 4.23. The Morgan fingerprint density at radius 3 is 2.50 bits per heavy atom. The van der Waals surface area contributed by atoms with Gasteiger partial charge >= 0.3 is 0 Å². The van der Waals surface area contributed by atoms with Crippen molar-refractivity contribution in [3.8, 4) is 0 Å². The molecule has 5 heteroatoms. The van der Waals surface area contributed by atoms with Gasteiger partial charge in [0.1, 0.15) is 0 Å². The van der Waals surface area contributed by atoms with Crippen LogP contribution in [0.3, 0.4) is 0 Å². The maximum atomic E-state index is 12.3. The molecule has 3 nitrogen and oxygen atoms in total. The predicted molar refractivity (Wildman–Crippen MR) is 72.0 cm³/mol. The molecule has 0 aromatic heterocycles. The minimum absolute atomic E-state index is 0.0209. The summed E-state index contributed by atoms with van der Waals surface area (Å²) in [6.07, 6.45) is 0.433. The Labute approximate surface area is 112 Å². The molecule has 1 aliphatic heterocycles. The summed E-state index contributed by atoms with van der Waals surface area (Å²) in [5.41, 5.74) is 2.24. The Kier molecular flexibility index (Phi) is 3.52. The molecule has 0 saturated carbocycles. The zero-order valence-corrected chi connectivity index (χ0v) is 11.9. The van der Waals surface area contributed by atoms with E-state index < -0.39 is 15.8 Å². The van der Waals surface area contributed by atoms with Crippen LogP contribution in [0, 0.1) is 19.8 Å². The van der Waals surface area contributed by atoms with Crippen LogP contribution < -0.4 is 0 Å². The first-order valence-electron chi connectivity index (χ1n) is 5.81. The summed E-state index contributed by atoms with van der Waals surface area (Å²) in [4.78, 5) is 12.3. The van der Waals surface area contributed by atoms with E-state index in [1.165, 1.54) is 0 Å². The summed E-state index contributed by atoms with van der Waals surface area (Å²) in [5, 5.41) is 0.628. The zero-order valence-electron chi connectivity index (χ0n) is 10.4. The molecule has 1 fully saturated rings. The molecule has 2 rings (SSSR count). The second-order valence-corrected chi connectivity index (χ2v) is 7.52. The van der Waals surface area contributed by atoms with Gasteiger partial charge in [0.2, 0.25) is 0 Å². The summed E-state index contributed by atoms with van der Waals surface area (Å²) in [6.45, 7) is 3.66. The van der Waals surface area contributed by atoms with Crippen LogP contribution in [0.15, 0.2) is 12.1 Å². The van der Waals surface area contributed by atoms with E-state index in [2.05, 4.69) is 0 Å². The average molecular weight is 287 g/mol. The number of halogens is 1. The quantitative estimate of drug-likeness (QED) is 0.785. The SMILES string of the molecule is Cc1cc(C(=O)C2CCS(=O)(=O)C2)c(C)cc1Cl. The molecule has 0 aliphatic carbocycles. The van der Waals surface area contributed by atoms with Crippen molar-refractivity contribution in [3.63, 3.8) is 0 Å². The van der Waals surface area contributed by atoms with Crippen molar-refractivity contribution in [2.24, 2.45) is 5.92 Å². The summed E-state index contributed by atoms with van der Waals surface area (Å²) in [5.74, 6) is -0.371. The number of aryl methyl sites for hydroxylation is 2. The molecular formula is C13H15ClO3S. The van der Waals surface area contributed by atoms with E-state index in [4.69, 9.17) is 11.6 Å². The molecule has 1 heterocycles. The van der Waals surface area contributed by atoms with Gasteiger partial charge in [-0.25, -0.2) is 8.42 Å². The highest BCUT2D eigenvalue weighted by atomic mass is 35.5. The van der Waals surface area contributed by atoms with Gasteiger partial charge in [-0.3, -0.25) is 4.79 Å². The standard InChI is InChI=1S/C13H15ClO3S/c1-8-6-12(14)9(2)5-11(8)13(15)10-3-4-18(16,17)7-10/h5-6,10H,3-4,7H2,1-2H3. The number of hydrogen-bond acceptors (Lipinski definition) is 3. The van der Waals surface area contributed by atoms with E-state index in [0.29, 0.717) is 17.0 Å². The van der Waals surface area contributed by atoms with E-state index in [1.54, 1.807) is 12.1 Å². The van der Waals surface area contributed by atoms with Crippen molar-refractivity contribution in [2.45, 2.75) is 20.3 Å². The van der Waals surface area contributed by atoms with Crippen LogP contribution in [0.2, 0.25) is 5.02 Å². The van der Waals surface area contributed by atoms with Crippen molar-refractivity contribution in [2.75, 3.05) is 11.5 Å². The van der Waals surface area contributed by atoms with Crippen molar-refractivity contribution < 1.29 is 13.2 Å². The Balaban J connectivity index is 2.33. The lowest BCUT2D eigenvalue weighted by Crippen LogP contribution is -2.17. The van der Waals surface area contributed by atoms with Crippen LogP contribution in [0.5, 0.6) is 0 Å². The highest BCUT2D eigenvalue weighted by molar-refractivity contribution is 7.91. The van der Waals surface area contributed by atoms with E-state index >= 15 is 0 Å². The number of carbonyl (C=O) groups excluding carboxylic acids is 1. The second-order valence-electron chi connectivity index (χ2n) is 4.88. The molecule has 1 aromatic carbocycles. The average Bonchev–Trinajstić information content (AvgIpc) is 2.63. The molecule has 0 radical (unpaired) electrons. The zero-order chi connectivity index (χ0) is 13.5. The predicted octanol–water partition coefficient (Wildman–Crippen LogP) is 2.57. The van der Waals surface area contributed by atoms with Crippen LogP contribution in [0.1, 0.15) is 27.9 Å². The van der Waals surface area contributed by atoms with Crippen LogP contribution in [0.4, 0.5) is 0 Å². The van der Waals surface area contributed by atoms with Crippen LogP contribution in [0.25, 0.3) is 0 Å². The molecule has 0 N–H and O–H groups in total. The largest absolute Gasteiger partial charge is 0.294 e. The summed E-state index contributed by atoms with van der Waals surface area (Å²) >= 11 is 5.99. The number of rotatable bonds is 2. The lowest BCUT2D eigenvalue weighted by atomic mass is 9.93. The summed E-state index contributed by atoms with van der Waals surface area (Å²) in [7, 11) is -3.03. The fraction of sp³-hybridized carbons (Fsp3) is 0.462. The van der Waals surface area contributed by atoms with Crippen molar-refractivity contribution in [3.05, 3.63) is 33.8 Å². The molecule has 1 saturated heterocycles. The Morgan fingerprint density at radius 2 is 1.94 bits per heavy atom. The Bertz CT molecular complexity index is 605. The van der Waals surface area contributed by atoms with Crippen LogP contribution in [-0.4, -0.2) is 25.7 Å². The van der Waals surface area contributed by atoms with Crippen molar-refractivity contribution in [1.82, 2.24) is 0 Å². The number of sulfone groups is 1. The lowest BCUT2D eigenvalue weighted by Gasteiger charge is -2.11. The third-order valence-corrected chi connectivity index (χ3v) is 5.55. The molecular weight excluding hydrogens is 272 g/mol. The van der Waals surface area contributed by atoms with Gasteiger partial charge in [-0.05, 0) is 43.5 Å². The van der Waals surface area contributed by atoms with Gasteiger partial charge < -0.3 is 0 Å². The highest BCUT2D eigenvalue weighted by Gasteiger charge is 2.33. The monoisotopic (exact) mass is 286 g/mol. The molecule has 1 unspecified atom stereocenters. The molecule has 0 bridgehead atoms. The minimum atomic E-state index is -3.03. The third-order valence-electron chi connectivity index (χ3n) is 3.37. The topological polar surface area (TPSA) is 51.2 Å². The summed E-state index contributed by atoms with van der Waals surface area (Å²) < 4.78 is 22.8. The Morgan fingerprint density at radius 1 is 1.28 bits per heavy atom. The van der Waals surface area contributed by atoms with Gasteiger partial charge in [0.25, 0.3) is 0 Å². The number of Topliss-reactive ketones (excluding diaryl/α,β-unsaturated/α-hetero) is 1. The summed E-state index contributed by atoms with van der Waals surface area (Å²) in [6, 6.07) is 3.51. The molecule has 1 aliphatic rings. The molecule has 1 atom stereocenters. The number of ketones is 1. The highest BCUT2D eigenvalue weighted by Crippen LogP contribution is 2.27. The molecule has 18 heavy (non-hydrogen) atoms. The van der Waals surface area contributed by atoms with Gasteiger partial charge in [-0.1, -0.05) is 11.6 Å². The normalized spacial score (nSPS) is 22.1. The van der Waals surface area contributed by atoms with Crippen LogP contribution >= 0.6 is 11.6 Å². The molecule has 1 aromatic rings. The first-order chi connectivity index (χ1) is 8.30. The molecule has 0 amide bonds. The molecule has 0 spiro atoms. The minimum Gasteiger partial charge on any atom is -0.294 e. The van der Waals surface area contributed by atoms with E-state index in [1.807, 2.05) is 13.8 Å². The number of carbonyl (C=O) groups is 1. The first-order valence-corrected chi connectivity index (χ1v) is 8.01. The maximum Gasteiger partial charge on any atom is 0.167 e. The van der Waals surface area contributed by atoms with Gasteiger partial charge in [0.05, 0.1) is 11.5 Å². The van der Waals surface area contributed by atoms with E-state index in [0.717, 1.165) is 11.1 Å². The Hall–Kier alpha value is -0.870. The smallest absolute Gasteiger partial charge is 0.167 e. The molecule has 98 valence electrons. The van der Waals surface area contributed by atoms with E-state index in [-0.39, 0.29) is 17.3 Å². The van der Waals surface area contributed by atoms with Gasteiger partial charge in [0.15, 0.2) is 15.6 Å². The van der Waals surface area contributed by atoms with Crippen LogP contribution in [-0.2, 0) is 9.84 Å². The van der Waals surface area contributed by atoms with Gasteiger partial charge in [-0.15, -0.1) is 0 Å². The van der Waals surface area contributed by atoms with Gasteiger partial charge in [-0.2, -0.15) is 0 Å². The number of benzene rings is 1. The fourth-order valence-electron chi connectivity index (χ4n) is 2.27. The van der Waals surface area contributed by atoms with Gasteiger partial charge in [0, 0.05) is 16.5 Å². The number of hydrogen-bond donors (Lipinski definition) is 0. The van der Waals surface area contributed by atoms with Crippen molar-refractivity contribution >= 4 is 27.2 Å². The second kappa shape index (κ2) is 4.67. The third kappa shape index (κ3) is 2.59. The lowest BCUT2D eigenvalue weighted by molar-refractivity contribution is 0.0932. The van der Waals surface area contributed by atoms with Crippen molar-refractivity contribution in [1.29, 1.82) is 0 Å². The maximum absolute atomic E-state index is 12.3.